The molecule has 1 unspecified atom stereocenters. The van der Waals surface area contributed by atoms with Crippen LogP contribution in [0.3, 0.4) is 0 Å². The first-order valence-electron chi connectivity index (χ1n) is 10.7. The van der Waals surface area contributed by atoms with Gasteiger partial charge in [-0.3, -0.25) is 9.59 Å². The molecule has 1 aliphatic rings. The number of carbonyl (C=O) groups is 2. The normalized spacial score (nSPS) is 15.2. The molecule has 0 saturated carbocycles. The Kier molecular flexibility index (Phi) is 8.05. The minimum absolute atomic E-state index is 0.297. The number of thioether (sulfide) groups is 1. The van der Waals surface area contributed by atoms with Gasteiger partial charge >= 0.3 is 0 Å². The monoisotopic (exact) mass is 462 g/mol. The highest BCUT2D eigenvalue weighted by Gasteiger charge is 2.28. The Bertz CT molecular complexity index is 1120. The van der Waals surface area contributed by atoms with Crippen LogP contribution in [0.5, 0.6) is 0 Å². The van der Waals surface area contributed by atoms with Crippen LogP contribution < -0.4 is 10.6 Å². The number of nitrogens with two attached hydrogens (primary N) is 1. The van der Waals surface area contributed by atoms with Gasteiger partial charge in [-0.25, -0.2) is 4.98 Å². The maximum absolute atomic E-state index is 12.4. The van der Waals surface area contributed by atoms with E-state index >= 15 is 0 Å². The molecule has 1 atom stereocenters. The van der Waals surface area contributed by atoms with E-state index < -0.39 is 11.2 Å². The summed E-state index contributed by atoms with van der Waals surface area (Å²) in [5.41, 5.74) is 8.15. The van der Waals surface area contributed by atoms with Crippen molar-refractivity contribution in [2.75, 3.05) is 38.1 Å². The highest BCUT2D eigenvalue weighted by molar-refractivity contribution is 8.00. The lowest BCUT2D eigenvalue weighted by Gasteiger charge is -2.25. The van der Waals surface area contributed by atoms with Crippen LogP contribution >= 0.6 is 11.8 Å². The van der Waals surface area contributed by atoms with Crippen molar-refractivity contribution in [1.82, 2.24) is 9.88 Å². The number of nitrogens with zero attached hydrogens (tertiary/aromatic N) is 5. The summed E-state index contributed by atoms with van der Waals surface area (Å²) in [5, 5.41) is 19.5. The van der Waals surface area contributed by atoms with E-state index in [-0.39, 0.29) is 0 Å². The van der Waals surface area contributed by atoms with Gasteiger partial charge in [0, 0.05) is 25.2 Å². The van der Waals surface area contributed by atoms with Gasteiger partial charge in [0.25, 0.3) is 0 Å². The number of anilines is 1. The zero-order chi connectivity index (χ0) is 24.0. The molecule has 0 aliphatic carbocycles. The summed E-state index contributed by atoms with van der Waals surface area (Å²) in [6.07, 6.45) is 2.14. The van der Waals surface area contributed by atoms with E-state index in [0.29, 0.717) is 51.6 Å². The molecule has 1 aliphatic heterocycles. The van der Waals surface area contributed by atoms with E-state index in [1.807, 2.05) is 6.92 Å². The molecule has 2 aromatic rings. The summed E-state index contributed by atoms with van der Waals surface area (Å²) in [7, 11) is 2.06. The van der Waals surface area contributed by atoms with Gasteiger partial charge in [0.1, 0.15) is 34.5 Å². The molecule has 1 aromatic carbocycles. The molecule has 2 N–H and O–H groups in total. The SMILES string of the molecule is CCc1c(C#N)c(SC(C(N)=O)c2ccc(C=O)cc2)nc(N2CCCN(C)CC2)c1C#N. The summed E-state index contributed by atoms with van der Waals surface area (Å²) in [6, 6.07) is 11.0. The molecular formula is C24H26N6O2S. The number of aldehydes is 1. The summed E-state index contributed by atoms with van der Waals surface area (Å²) in [5.74, 6) is -0.0319. The number of amides is 1. The van der Waals surface area contributed by atoms with Gasteiger partial charge in [-0.05, 0) is 37.6 Å². The van der Waals surface area contributed by atoms with Crippen LogP contribution in [0, 0.1) is 22.7 Å². The van der Waals surface area contributed by atoms with Crippen molar-refractivity contribution >= 4 is 29.8 Å². The van der Waals surface area contributed by atoms with Crippen LogP contribution in [0.15, 0.2) is 29.3 Å². The topological polar surface area (TPSA) is 127 Å². The lowest BCUT2D eigenvalue weighted by Crippen LogP contribution is -2.30. The van der Waals surface area contributed by atoms with Crippen molar-refractivity contribution in [3.8, 4) is 12.1 Å². The van der Waals surface area contributed by atoms with Crippen molar-refractivity contribution < 1.29 is 9.59 Å². The predicted octanol–water partition coefficient (Wildman–Crippen LogP) is 2.66. The molecule has 0 bridgehead atoms. The quantitative estimate of drug-likeness (QED) is 0.491. The molecule has 2 heterocycles. The van der Waals surface area contributed by atoms with Gasteiger partial charge in [-0.2, -0.15) is 10.5 Å². The maximum Gasteiger partial charge on any atom is 0.235 e. The molecule has 0 radical (unpaired) electrons. The van der Waals surface area contributed by atoms with E-state index in [1.165, 1.54) is 0 Å². The Morgan fingerprint density at radius 1 is 1.18 bits per heavy atom. The molecular weight excluding hydrogens is 436 g/mol. The summed E-state index contributed by atoms with van der Waals surface area (Å²) in [4.78, 5) is 32.4. The van der Waals surface area contributed by atoms with Gasteiger partial charge in [-0.15, -0.1) is 0 Å². The highest BCUT2D eigenvalue weighted by atomic mass is 32.2. The summed E-state index contributed by atoms with van der Waals surface area (Å²) >= 11 is 1.10. The fraction of sp³-hybridized carbons (Fsp3) is 0.375. The molecule has 0 spiro atoms. The van der Waals surface area contributed by atoms with Crippen molar-refractivity contribution in [2.45, 2.75) is 30.0 Å². The second kappa shape index (κ2) is 11.0. The lowest BCUT2D eigenvalue weighted by molar-refractivity contribution is -0.117. The predicted molar refractivity (Wildman–Crippen MR) is 127 cm³/mol. The van der Waals surface area contributed by atoms with E-state index in [0.717, 1.165) is 44.1 Å². The zero-order valence-corrected chi connectivity index (χ0v) is 19.6. The van der Waals surface area contributed by atoms with Crippen LogP contribution in [-0.4, -0.2) is 55.3 Å². The Labute approximate surface area is 198 Å². The van der Waals surface area contributed by atoms with Crippen LogP contribution in [0.25, 0.3) is 0 Å². The van der Waals surface area contributed by atoms with Crippen molar-refractivity contribution in [1.29, 1.82) is 10.5 Å². The number of benzene rings is 1. The molecule has 1 fully saturated rings. The first-order valence-corrected chi connectivity index (χ1v) is 11.6. The number of rotatable bonds is 7. The maximum atomic E-state index is 12.4. The number of hydrogen-bond donors (Lipinski definition) is 1. The standard InChI is InChI=1S/C24H26N6O2S/c1-3-18-19(13-25)23(30-10-4-9-29(2)11-12-30)28-24(20(18)14-26)33-21(22(27)32)17-7-5-16(15-31)6-8-17/h5-8,15,21H,3-4,9-12H2,1-2H3,(H2,27,32). The Balaban J connectivity index is 2.10. The van der Waals surface area contributed by atoms with Crippen molar-refractivity contribution in [3.63, 3.8) is 0 Å². The smallest absolute Gasteiger partial charge is 0.235 e. The fourth-order valence-electron chi connectivity index (χ4n) is 3.91. The molecule has 170 valence electrons. The minimum Gasteiger partial charge on any atom is -0.368 e. The molecule has 3 rings (SSSR count). The molecule has 33 heavy (non-hydrogen) atoms. The summed E-state index contributed by atoms with van der Waals surface area (Å²) in [6.45, 7) is 5.15. The van der Waals surface area contributed by atoms with Crippen LogP contribution in [0.4, 0.5) is 5.82 Å². The van der Waals surface area contributed by atoms with E-state index in [2.05, 4.69) is 29.0 Å². The third-order valence-electron chi connectivity index (χ3n) is 5.71. The number of carbonyl (C=O) groups excluding carboxylic acids is 2. The van der Waals surface area contributed by atoms with Crippen LogP contribution in [-0.2, 0) is 11.2 Å². The van der Waals surface area contributed by atoms with E-state index in [9.17, 15) is 20.1 Å². The Hall–Kier alpha value is -3.40. The Morgan fingerprint density at radius 2 is 1.88 bits per heavy atom. The molecule has 1 saturated heterocycles. The van der Waals surface area contributed by atoms with E-state index in [4.69, 9.17) is 10.7 Å². The fourth-order valence-corrected chi connectivity index (χ4v) is 4.97. The van der Waals surface area contributed by atoms with Crippen LogP contribution in [0.1, 0.15) is 51.2 Å². The average molecular weight is 463 g/mol. The summed E-state index contributed by atoms with van der Waals surface area (Å²) < 4.78 is 0. The third kappa shape index (κ3) is 5.33. The van der Waals surface area contributed by atoms with Crippen LogP contribution in [0.2, 0.25) is 0 Å². The first-order chi connectivity index (χ1) is 15.9. The van der Waals surface area contributed by atoms with Gasteiger partial charge in [0.05, 0.1) is 11.1 Å². The minimum atomic E-state index is -0.800. The first kappa shape index (κ1) is 24.2. The Morgan fingerprint density at radius 3 is 2.45 bits per heavy atom. The van der Waals surface area contributed by atoms with Crippen molar-refractivity contribution in [2.24, 2.45) is 5.73 Å². The highest BCUT2D eigenvalue weighted by Crippen LogP contribution is 2.39. The number of pyridine rings is 1. The number of hydrogen-bond acceptors (Lipinski definition) is 8. The number of aromatic nitrogens is 1. The molecule has 9 heteroatoms. The van der Waals surface area contributed by atoms with Gasteiger partial charge in [-0.1, -0.05) is 43.0 Å². The number of nitriles is 2. The van der Waals surface area contributed by atoms with Crippen molar-refractivity contribution in [3.05, 3.63) is 52.1 Å². The molecule has 1 aromatic heterocycles. The van der Waals surface area contributed by atoms with Gasteiger partial charge in [0.2, 0.25) is 5.91 Å². The third-order valence-corrected chi connectivity index (χ3v) is 6.97. The second-order valence-electron chi connectivity index (χ2n) is 7.87. The molecule has 8 nitrogen and oxygen atoms in total. The largest absolute Gasteiger partial charge is 0.368 e. The number of primary amides is 1. The number of likely N-dealkylation sites (N-methyl/N-ethyl adjacent to an activating group) is 1. The van der Waals surface area contributed by atoms with E-state index in [1.54, 1.807) is 24.3 Å². The lowest BCUT2D eigenvalue weighted by atomic mass is 10.0. The molecule has 1 amide bonds. The second-order valence-corrected chi connectivity index (χ2v) is 8.97. The average Bonchev–Trinajstić information content (AvgIpc) is 3.05. The van der Waals surface area contributed by atoms with Gasteiger partial charge in [0.15, 0.2) is 0 Å². The zero-order valence-electron chi connectivity index (χ0n) is 18.7. The van der Waals surface area contributed by atoms with Gasteiger partial charge < -0.3 is 15.5 Å².